The molecule has 1 saturated heterocycles. The predicted octanol–water partition coefficient (Wildman–Crippen LogP) is 3.72. The lowest BCUT2D eigenvalue weighted by Gasteiger charge is -2.30. The third-order valence-electron chi connectivity index (χ3n) is 4.79. The van der Waals surface area contributed by atoms with Crippen molar-refractivity contribution in [3.63, 3.8) is 0 Å². The maximum atomic E-state index is 6.00. The third-order valence-corrected chi connectivity index (χ3v) is 5.04. The molecule has 1 unspecified atom stereocenters. The first-order valence-electron chi connectivity index (χ1n) is 7.90. The molecule has 3 rings (SSSR count). The smallest absolute Gasteiger partial charge is 0.0406 e. The van der Waals surface area contributed by atoms with Crippen LogP contribution in [0.3, 0.4) is 0 Å². The topological polar surface area (TPSA) is 15.3 Å². The predicted molar refractivity (Wildman–Crippen MR) is 85.1 cm³/mol. The summed E-state index contributed by atoms with van der Waals surface area (Å²) in [5, 5.41) is 4.67. The van der Waals surface area contributed by atoms with Crippen LogP contribution in [-0.4, -0.2) is 31.6 Å². The Kier molecular flexibility index (Phi) is 4.65. The van der Waals surface area contributed by atoms with E-state index in [9.17, 15) is 0 Å². The lowest BCUT2D eigenvalue weighted by molar-refractivity contribution is 0.211. The first-order chi connectivity index (χ1) is 9.72. The van der Waals surface area contributed by atoms with Gasteiger partial charge in [0.15, 0.2) is 0 Å². The Bertz CT molecular complexity index is 419. The summed E-state index contributed by atoms with van der Waals surface area (Å²) in [6, 6.07) is 8.94. The normalized spacial score (nSPS) is 22.9. The van der Waals surface area contributed by atoms with Gasteiger partial charge in [0.25, 0.3) is 0 Å². The van der Waals surface area contributed by atoms with Gasteiger partial charge in [0.05, 0.1) is 0 Å². The number of hydrogen-bond donors (Lipinski definition) is 1. The number of nitrogens with one attached hydrogen (secondary N) is 1. The highest BCUT2D eigenvalue weighted by molar-refractivity contribution is 6.30. The highest BCUT2D eigenvalue weighted by Crippen LogP contribution is 2.41. The summed E-state index contributed by atoms with van der Waals surface area (Å²) in [5.74, 6) is 1.68. The number of likely N-dealkylation sites (tertiary alicyclic amines) is 1. The molecule has 0 spiro atoms. The number of piperidine rings is 1. The lowest BCUT2D eigenvalue weighted by atomic mass is 9.95. The highest BCUT2D eigenvalue weighted by atomic mass is 35.5. The Balaban J connectivity index is 1.56. The van der Waals surface area contributed by atoms with Crippen LogP contribution in [0.1, 0.15) is 37.3 Å². The molecule has 1 saturated carbocycles. The van der Waals surface area contributed by atoms with Crippen molar-refractivity contribution in [1.29, 1.82) is 0 Å². The monoisotopic (exact) mass is 292 g/mol. The van der Waals surface area contributed by atoms with E-state index >= 15 is 0 Å². The molecule has 1 aromatic rings. The lowest BCUT2D eigenvalue weighted by Crippen LogP contribution is -2.36. The Morgan fingerprint density at radius 2 is 1.80 bits per heavy atom. The van der Waals surface area contributed by atoms with Crippen molar-refractivity contribution in [2.24, 2.45) is 11.8 Å². The minimum atomic E-state index is 0.534. The van der Waals surface area contributed by atoms with Gasteiger partial charge in [0.1, 0.15) is 0 Å². The largest absolute Gasteiger partial charge is 0.309 e. The summed E-state index contributed by atoms with van der Waals surface area (Å²) in [6.45, 7) is 3.67. The first-order valence-corrected chi connectivity index (χ1v) is 8.27. The molecule has 110 valence electrons. The third kappa shape index (κ3) is 3.75. The minimum absolute atomic E-state index is 0.534. The van der Waals surface area contributed by atoms with Gasteiger partial charge in [-0.3, -0.25) is 0 Å². The van der Waals surface area contributed by atoms with E-state index in [1.807, 2.05) is 12.1 Å². The zero-order valence-corrected chi connectivity index (χ0v) is 13.1. The number of benzene rings is 1. The Morgan fingerprint density at radius 3 is 2.40 bits per heavy atom. The minimum Gasteiger partial charge on any atom is -0.309 e. The zero-order chi connectivity index (χ0) is 13.9. The standard InChI is InChI=1S/C17H25ClN2/c1-20-10-8-13(9-11-20)12-19-17(14-2-3-14)15-4-6-16(18)7-5-15/h4-7,13-14,17,19H,2-3,8-12H2,1H3. The summed E-state index contributed by atoms with van der Waals surface area (Å²) in [6.07, 6.45) is 5.41. The molecule has 1 N–H and O–H groups in total. The van der Waals surface area contributed by atoms with Gasteiger partial charge >= 0.3 is 0 Å². The second-order valence-corrected chi connectivity index (χ2v) is 6.96. The van der Waals surface area contributed by atoms with E-state index in [1.54, 1.807) is 0 Å². The Hall–Kier alpha value is -0.570. The molecule has 2 aliphatic rings. The number of rotatable bonds is 5. The van der Waals surface area contributed by atoms with E-state index in [2.05, 4.69) is 29.4 Å². The first kappa shape index (κ1) is 14.4. The van der Waals surface area contributed by atoms with Crippen molar-refractivity contribution < 1.29 is 0 Å². The van der Waals surface area contributed by atoms with Crippen LogP contribution in [0.2, 0.25) is 5.02 Å². The molecule has 0 bridgehead atoms. The van der Waals surface area contributed by atoms with Gasteiger partial charge in [0, 0.05) is 11.1 Å². The molecular formula is C17H25ClN2. The average molecular weight is 293 g/mol. The quantitative estimate of drug-likeness (QED) is 0.890. The summed E-state index contributed by atoms with van der Waals surface area (Å²) in [7, 11) is 2.23. The molecular weight excluding hydrogens is 268 g/mol. The van der Waals surface area contributed by atoms with Gasteiger partial charge in [-0.1, -0.05) is 23.7 Å². The van der Waals surface area contributed by atoms with Crippen molar-refractivity contribution >= 4 is 11.6 Å². The van der Waals surface area contributed by atoms with Crippen molar-refractivity contribution in [3.05, 3.63) is 34.9 Å². The van der Waals surface area contributed by atoms with Crippen LogP contribution in [0.25, 0.3) is 0 Å². The maximum absolute atomic E-state index is 6.00. The fourth-order valence-electron chi connectivity index (χ4n) is 3.22. The fraction of sp³-hybridized carbons (Fsp3) is 0.647. The molecule has 0 radical (unpaired) electrons. The number of nitrogens with zero attached hydrogens (tertiary/aromatic N) is 1. The molecule has 0 amide bonds. The molecule has 1 aromatic carbocycles. The van der Waals surface area contributed by atoms with Crippen molar-refractivity contribution in [2.75, 3.05) is 26.7 Å². The SMILES string of the molecule is CN1CCC(CNC(c2ccc(Cl)cc2)C2CC2)CC1. The Morgan fingerprint density at radius 1 is 1.15 bits per heavy atom. The molecule has 3 heteroatoms. The van der Waals surface area contributed by atoms with Gasteiger partial charge in [-0.15, -0.1) is 0 Å². The second kappa shape index (κ2) is 6.46. The van der Waals surface area contributed by atoms with Crippen LogP contribution in [0.15, 0.2) is 24.3 Å². The second-order valence-electron chi connectivity index (χ2n) is 6.52. The van der Waals surface area contributed by atoms with Gasteiger partial charge in [-0.2, -0.15) is 0 Å². The zero-order valence-electron chi connectivity index (χ0n) is 12.3. The fourth-order valence-corrected chi connectivity index (χ4v) is 3.34. The van der Waals surface area contributed by atoms with E-state index in [1.165, 1.54) is 44.3 Å². The maximum Gasteiger partial charge on any atom is 0.0406 e. The Labute approximate surface area is 127 Å². The van der Waals surface area contributed by atoms with Crippen molar-refractivity contribution in [1.82, 2.24) is 10.2 Å². The van der Waals surface area contributed by atoms with Crippen molar-refractivity contribution in [3.8, 4) is 0 Å². The average Bonchev–Trinajstić information content (AvgIpc) is 3.28. The van der Waals surface area contributed by atoms with E-state index in [0.717, 1.165) is 23.4 Å². The highest BCUT2D eigenvalue weighted by Gasteiger charge is 2.32. The summed E-state index contributed by atoms with van der Waals surface area (Å²) in [4.78, 5) is 2.44. The van der Waals surface area contributed by atoms with Gasteiger partial charge in [0.2, 0.25) is 0 Å². The molecule has 0 aromatic heterocycles. The number of hydrogen-bond acceptors (Lipinski definition) is 2. The van der Waals surface area contributed by atoms with E-state index in [-0.39, 0.29) is 0 Å². The van der Waals surface area contributed by atoms with Crippen LogP contribution < -0.4 is 5.32 Å². The molecule has 2 nitrogen and oxygen atoms in total. The molecule has 1 atom stereocenters. The van der Waals surface area contributed by atoms with E-state index in [0.29, 0.717) is 6.04 Å². The van der Waals surface area contributed by atoms with E-state index < -0.39 is 0 Å². The van der Waals surface area contributed by atoms with E-state index in [4.69, 9.17) is 11.6 Å². The summed E-state index contributed by atoms with van der Waals surface area (Å²) >= 11 is 6.00. The van der Waals surface area contributed by atoms with Crippen LogP contribution in [0.4, 0.5) is 0 Å². The summed E-state index contributed by atoms with van der Waals surface area (Å²) in [5.41, 5.74) is 1.41. The van der Waals surface area contributed by atoms with Gasteiger partial charge in [-0.25, -0.2) is 0 Å². The van der Waals surface area contributed by atoms with Crippen LogP contribution in [0, 0.1) is 11.8 Å². The molecule has 20 heavy (non-hydrogen) atoms. The number of halogens is 1. The van der Waals surface area contributed by atoms with Crippen LogP contribution in [0.5, 0.6) is 0 Å². The molecule has 1 heterocycles. The van der Waals surface area contributed by atoms with Gasteiger partial charge in [-0.05, 0) is 81.9 Å². The molecule has 1 aliphatic heterocycles. The van der Waals surface area contributed by atoms with Crippen LogP contribution in [-0.2, 0) is 0 Å². The van der Waals surface area contributed by atoms with Crippen LogP contribution >= 0.6 is 11.6 Å². The molecule has 2 fully saturated rings. The summed E-state index contributed by atoms with van der Waals surface area (Å²) < 4.78 is 0. The van der Waals surface area contributed by atoms with Gasteiger partial charge < -0.3 is 10.2 Å². The van der Waals surface area contributed by atoms with Crippen molar-refractivity contribution in [2.45, 2.75) is 31.7 Å². The molecule has 1 aliphatic carbocycles.